The number of rotatable bonds is 5. The number of nitrogens with zero attached hydrogens (tertiary/aromatic N) is 3. The second-order valence-corrected chi connectivity index (χ2v) is 7.02. The Morgan fingerprint density at radius 3 is 2.69 bits per heavy atom. The lowest BCUT2D eigenvalue weighted by Gasteiger charge is -2.32. The van der Waals surface area contributed by atoms with E-state index >= 15 is 0 Å². The number of aromatic nitrogens is 2. The summed E-state index contributed by atoms with van der Waals surface area (Å²) in [5, 5.41) is 2.95. The molecule has 1 fully saturated rings. The average molecular weight is 396 g/mol. The summed E-state index contributed by atoms with van der Waals surface area (Å²) in [6, 6.07) is 9.34. The summed E-state index contributed by atoms with van der Waals surface area (Å²) in [5.74, 6) is -0.190. The number of likely N-dealkylation sites (tertiary alicyclic amines) is 1. The van der Waals surface area contributed by atoms with Crippen molar-refractivity contribution in [1.29, 1.82) is 0 Å². The molecule has 1 N–H and O–H groups in total. The minimum absolute atomic E-state index is 0.0608. The van der Waals surface area contributed by atoms with Crippen molar-refractivity contribution in [2.24, 2.45) is 0 Å². The molecule has 1 saturated heterocycles. The number of nitrogens with one attached hydrogen (secondary N) is 1. The van der Waals surface area contributed by atoms with Gasteiger partial charge in [0.1, 0.15) is 11.6 Å². The molecule has 4 rings (SSSR count). The van der Waals surface area contributed by atoms with E-state index in [1.54, 1.807) is 41.7 Å². The van der Waals surface area contributed by atoms with Crippen molar-refractivity contribution in [1.82, 2.24) is 19.8 Å². The molecular formula is C21H21FN4O3. The number of imidazole rings is 1. The fraction of sp³-hybridized carbons (Fsp3) is 0.286. The van der Waals surface area contributed by atoms with Gasteiger partial charge in [-0.05, 0) is 37.1 Å². The highest BCUT2D eigenvalue weighted by Gasteiger charge is 2.26. The summed E-state index contributed by atoms with van der Waals surface area (Å²) in [6.07, 6.45) is 6.39. The van der Waals surface area contributed by atoms with Crippen LogP contribution in [0.4, 0.5) is 4.39 Å². The first-order chi connectivity index (χ1) is 14.1. The molecule has 0 aliphatic carbocycles. The van der Waals surface area contributed by atoms with Gasteiger partial charge >= 0.3 is 0 Å². The zero-order valence-corrected chi connectivity index (χ0v) is 15.8. The molecule has 0 atom stereocenters. The molecule has 0 saturated carbocycles. The van der Waals surface area contributed by atoms with E-state index in [4.69, 9.17) is 4.42 Å². The molecule has 0 spiro atoms. The molecule has 3 aromatic rings. The number of hydrogen-bond donors (Lipinski definition) is 1. The maximum Gasteiger partial charge on any atom is 0.287 e. The minimum atomic E-state index is -0.516. The van der Waals surface area contributed by atoms with E-state index in [1.165, 1.54) is 12.1 Å². The van der Waals surface area contributed by atoms with E-state index in [2.05, 4.69) is 10.3 Å². The second-order valence-electron chi connectivity index (χ2n) is 7.02. The van der Waals surface area contributed by atoms with E-state index in [0.717, 1.165) is 0 Å². The van der Waals surface area contributed by atoms with Gasteiger partial charge in [-0.15, -0.1) is 0 Å². The van der Waals surface area contributed by atoms with Gasteiger partial charge in [-0.2, -0.15) is 0 Å². The van der Waals surface area contributed by atoms with Gasteiger partial charge in [0.05, 0.1) is 18.4 Å². The average Bonchev–Trinajstić information content (AvgIpc) is 3.41. The molecule has 1 aromatic carbocycles. The van der Waals surface area contributed by atoms with Gasteiger partial charge < -0.3 is 19.2 Å². The molecule has 150 valence electrons. The molecule has 3 heterocycles. The topological polar surface area (TPSA) is 80.4 Å². The lowest BCUT2D eigenvalue weighted by Crippen LogP contribution is -2.46. The Bertz CT molecular complexity index is 991. The van der Waals surface area contributed by atoms with Crippen LogP contribution in [0.25, 0.3) is 0 Å². The molecule has 2 aromatic heterocycles. The molecule has 29 heavy (non-hydrogen) atoms. The number of carbonyl (C=O) groups excluding carboxylic acids is 2. The smallest absolute Gasteiger partial charge is 0.287 e. The standard InChI is InChI=1S/C21H21FN4O3/c22-18-4-2-1-3-17(18)21(28)26-10-7-15(8-11-26)24-20(27)19-6-5-16(29-19)13-25-12-9-23-14-25/h1-6,9,12,14-15H,7-8,10-11,13H2,(H,24,27). The summed E-state index contributed by atoms with van der Waals surface area (Å²) < 4.78 is 21.3. The van der Waals surface area contributed by atoms with Crippen molar-refractivity contribution in [3.63, 3.8) is 0 Å². The Hall–Kier alpha value is -3.42. The highest BCUT2D eigenvalue weighted by Crippen LogP contribution is 2.17. The highest BCUT2D eigenvalue weighted by atomic mass is 19.1. The van der Waals surface area contributed by atoms with Crippen molar-refractivity contribution in [2.45, 2.75) is 25.4 Å². The van der Waals surface area contributed by atoms with Crippen molar-refractivity contribution in [3.8, 4) is 0 Å². The van der Waals surface area contributed by atoms with Crippen molar-refractivity contribution >= 4 is 11.8 Å². The Morgan fingerprint density at radius 2 is 1.97 bits per heavy atom. The summed E-state index contributed by atoms with van der Waals surface area (Å²) in [7, 11) is 0. The summed E-state index contributed by atoms with van der Waals surface area (Å²) >= 11 is 0. The van der Waals surface area contributed by atoms with Gasteiger partial charge in [0, 0.05) is 31.5 Å². The molecule has 0 radical (unpaired) electrons. The number of hydrogen-bond acceptors (Lipinski definition) is 4. The number of amides is 2. The van der Waals surface area contributed by atoms with Crippen molar-refractivity contribution in [3.05, 3.63) is 78.0 Å². The normalized spacial score (nSPS) is 14.7. The minimum Gasteiger partial charge on any atom is -0.454 e. The van der Waals surface area contributed by atoms with Crippen LogP contribution in [-0.2, 0) is 6.54 Å². The van der Waals surface area contributed by atoms with Crippen LogP contribution >= 0.6 is 0 Å². The molecule has 0 bridgehead atoms. The van der Waals surface area contributed by atoms with E-state index < -0.39 is 5.82 Å². The first-order valence-corrected chi connectivity index (χ1v) is 9.49. The van der Waals surface area contributed by atoms with Gasteiger partial charge in [-0.3, -0.25) is 9.59 Å². The Kier molecular flexibility index (Phi) is 5.41. The van der Waals surface area contributed by atoms with E-state index in [0.29, 0.717) is 38.2 Å². The molecule has 8 heteroatoms. The van der Waals surface area contributed by atoms with Crippen LogP contribution in [0.5, 0.6) is 0 Å². The van der Waals surface area contributed by atoms with Gasteiger partial charge in [-0.1, -0.05) is 12.1 Å². The number of halogens is 1. The quantitative estimate of drug-likeness (QED) is 0.719. The predicted octanol–water partition coefficient (Wildman–Crippen LogP) is 2.70. The maximum atomic E-state index is 13.8. The van der Waals surface area contributed by atoms with E-state index in [-0.39, 0.29) is 29.2 Å². The van der Waals surface area contributed by atoms with Crippen LogP contribution in [0.3, 0.4) is 0 Å². The summed E-state index contributed by atoms with van der Waals surface area (Å²) in [4.78, 5) is 30.5. The van der Waals surface area contributed by atoms with Gasteiger partial charge in [-0.25, -0.2) is 9.37 Å². The first-order valence-electron chi connectivity index (χ1n) is 9.49. The first kappa shape index (κ1) is 18.9. The predicted molar refractivity (Wildman–Crippen MR) is 103 cm³/mol. The van der Waals surface area contributed by atoms with Crippen LogP contribution < -0.4 is 5.32 Å². The highest BCUT2D eigenvalue weighted by molar-refractivity contribution is 5.94. The summed E-state index contributed by atoms with van der Waals surface area (Å²) in [5.41, 5.74) is 0.0796. The number of piperidine rings is 1. The molecule has 2 amide bonds. The monoisotopic (exact) mass is 396 g/mol. The fourth-order valence-electron chi connectivity index (χ4n) is 3.43. The largest absolute Gasteiger partial charge is 0.454 e. The van der Waals surface area contributed by atoms with Crippen LogP contribution in [0.2, 0.25) is 0 Å². The lowest BCUT2D eigenvalue weighted by atomic mass is 10.0. The molecular weight excluding hydrogens is 375 g/mol. The molecule has 1 aliphatic heterocycles. The Morgan fingerprint density at radius 1 is 1.17 bits per heavy atom. The number of furan rings is 1. The maximum absolute atomic E-state index is 13.8. The van der Waals surface area contributed by atoms with Crippen molar-refractivity contribution in [2.75, 3.05) is 13.1 Å². The van der Waals surface area contributed by atoms with Crippen LogP contribution in [0, 0.1) is 5.82 Å². The van der Waals surface area contributed by atoms with E-state index in [9.17, 15) is 14.0 Å². The second kappa shape index (κ2) is 8.30. The Labute approximate surface area is 167 Å². The summed E-state index contributed by atoms with van der Waals surface area (Å²) in [6.45, 7) is 1.42. The van der Waals surface area contributed by atoms with Crippen molar-refractivity contribution < 1.29 is 18.4 Å². The molecule has 1 aliphatic rings. The van der Waals surface area contributed by atoms with Gasteiger partial charge in [0.25, 0.3) is 11.8 Å². The van der Waals surface area contributed by atoms with Gasteiger partial charge in [0.15, 0.2) is 5.76 Å². The SMILES string of the molecule is O=C(NC1CCN(C(=O)c2ccccc2F)CC1)c1ccc(Cn2ccnc2)o1. The number of benzene rings is 1. The fourth-order valence-corrected chi connectivity index (χ4v) is 3.43. The van der Waals surface area contributed by atoms with E-state index in [1.807, 2.05) is 10.8 Å². The number of carbonyl (C=O) groups is 2. The van der Waals surface area contributed by atoms with Gasteiger partial charge in [0.2, 0.25) is 0 Å². The van der Waals surface area contributed by atoms with Crippen LogP contribution in [-0.4, -0.2) is 45.4 Å². The zero-order valence-electron chi connectivity index (χ0n) is 15.8. The Balaban J connectivity index is 1.29. The zero-order chi connectivity index (χ0) is 20.2. The van der Waals surface area contributed by atoms with Crippen LogP contribution in [0.1, 0.15) is 39.5 Å². The third-order valence-electron chi connectivity index (χ3n) is 5.00. The third kappa shape index (κ3) is 4.37. The molecule has 0 unspecified atom stereocenters. The molecule has 7 nitrogen and oxygen atoms in total. The third-order valence-corrected chi connectivity index (χ3v) is 5.00. The van der Waals surface area contributed by atoms with Crippen LogP contribution in [0.15, 0.2) is 59.5 Å². The lowest BCUT2D eigenvalue weighted by molar-refractivity contribution is 0.0691.